The summed E-state index contributed by atoms with van der Waals surface area (Å²) in [4.78, 5) is 24.4. The van der Waals surface area contributed by atoms with Crippen molar-refractivity contribution in [2.75, 3.05) is 0 Å². The van der Waals surface area contributed by atoms with Crippen LogP contribution in [0.15, 0.2) is 41.5 Å². The predicted molar refractivity (Wildman–Crippen MR) is 68.6 cm³/mol. The fourth-order valence-electron chi connectivity index (χ4n) is 2.24. The van der Waals surface area contributed by atoms with Crippen molar-refractivity contribution in [3.63, 3.8) is 0 Å². The molecule has 1 aliphatic heterocycles. The van der Waals surface area contributed by atoms with Gasteiger partial charge in [0.05, 0.1) is 11.1 Å². The van der Waals surface area contributed by atoms with Crippen LogP contribution in [0.4, 0.5) is 0 Å². The predicted octanol–water partition coefficient (Wildman–Crippen LogP) is 2.44. The van der Waals surface area contributed by atoms with E-state index in [1.54, 1.807) is 19.1 Å². The van der Waals surface area contributed by atoms with Gasteiger partial charge in [0.15, 0.2) is 0 Å². The number of amides is 2. The van der Waals surface area contributed by atoms with Gasteiger partial charge in [-0.2, -0.15) is 10.1 Å². The van der Waals surface area contributed by atoms with Crippen LogP contribution < -0.4 is 0 Å². The Morgan fingerprint density at radius 1 is 1.00 bits per heavy atom. The first-order chi connectivity index (χ1) is 8.74. The molecule has 2 amide bonds. The molecular formula is C14H10N2O2. The van der Waals surface area contributed by atoms with Gasteiger partial charge in [-0.05, 0) is 24.4 Å². The van der Waals surface area contributed by atoms with Gasteiger partial charge in [-0.15, -0.1) is 0 Å². The van der Waals surface area contributed by atoms with Gasteiger partial charge in [0.25, 0.3) is 11.8 Å². The molecule has 0 bridgehead atoms. The average molecular weight is 238 g/mol. The molecule has 2 aromatic rings. The van der Waals surface area contributed by atoms with Crippen molar-refractivity contribution in [2.45, 2.75) is 6.92 Å². The van der Waals surface area contributed by atoms with E-state index in [1.807, 2.05) is 24.3 Å². The van der Waals surface area contributed by atoms with Gasteiger partial charge >= 0.3 is 0 Å². The lowest BCUT2D eigenvalue weighted by molar-refractivity contribution is 0.0616. The molecule has 4 nitrogen and oxygen atoms in total. The van der Waals surface area contributed by atoms with Crippen molar-refractivity contribution in [3.05, 3.63) is 47.5 Å². The van der Waals surface area contributed by atoms with Gasteiger partial charge in [-0.3, -0.25) is 9.59 Å². The quantitative estimate of drug-likeness (QED) is 0.566. The second-order valence-corrected chi connectivity index (χ2v) is 4.01. The third kappa shape index (κ3) is 1.29. The van der Waals surface area contributed by atoms with Crippen LogP contribution in [0.3, 0.4) is 0 Å². The van der Waals surface area contributed by atoms with E-state index < -0.39 is 0 Å². The zero-order chi connectivity index (χ0) is 12.7. The van der Waals surface area contributed by atoms with Crippen molar-refractivity contribution in [1.29, 1.82) is 0 Å². The van der Waals surface area contributed by atoms with Crippen LogP contribution in [0.5, 0.6) is 0 Å². The van der Waals surface area contributed by atoms with Crippen molar-refractivity contribution in [2.24, 2.45) is 5.10 Å². The third-order valence-corrected chi connectivity index (χ3v) is 2.98. The molecule has 18 heavy (non-hydrogen) atoms. The van der Waals surface area contributed by atoms with Crippen molar-refractivity contribution >= 4 is 28.8 Å². The van der Waals surface area contributed by atoms with Gasteiger partial charge in [-0.1, -0.05) is 24.3 Å². The molecule has 3 rings (SSSR count). The molecule has 0 atom stereocenters. The maximum atomic E-state index is 12.2. The Labute approximate surface area is 104 Å². The summed E-state index contributed by atoms with van der Waals surface area (Å²) in [6.07, 6.45) is 1.43. The first kappa shape index (κ1) is 10.7. The number of carbonyl (C=O) groups is 2. The summed E-state index contributed by atoms with van der Waals surface area (Å²) in [7, 11) is 0. The Kier molecular flexibility index (Phi) is 2.23. The standard InChI is InChI=1S/C14H10N2O2/c1-2-15-16-13(17)10-7-3-5-9-6-4-8-11(12(9)10)14(16)18/h2-8H,1H3/b15-2+. The van der Waals surface area contributed by atoms with Gasteiger partial charge in [-0.25, -0.2) is 0 Å². The van der Waals surface area contributed by atoms with Crippen molar-refractivity contribution in [3.8, 4) is 0 Å². The molecule has 0 N–H and O–H groups in total. The van der Waals surface area contributed by atoms with E-state index in [0.717, 1.165) is 15.8 Å². The Morgan fingerprint density at radius 3 is 2.06 bits per heavy atom. The minimum Gasteiger partial charge on any atom is -0.267 e. The van der Waals surface area contributed by atoms with E-state index in [9.17, 15) is 9.59 Å². The summed E-state index contributed by atoms with van der Waals surface area (Å²) in [5, 5.41) is 6.37. The second kappa shape index (κ2) is 3.77. The molecule has 0 saturated carbocycles. The molecule has 0 aromatic heterocycles. The zero-order valence-corrected chi connectivity index (χ0v) is 9.75. The smallest absolute Gasteiger partial charge is 0.267 e. The Balaban J connectivity index is 2.39. The van der Waals surface area contributed by atoms with Crippen LogP contribution in [-0.2, 0) is 0 Å². The van der Waals surface area contributed by atoms with Crippen molar-refractivity contribution < 1.29 is 9.59 Å². The van der Waals surface area contributed by atoms with E-state index in [1.165, 1.54) is 6.21 Å². The van der Waals surface area contributed by atoms with E-state index in [-0.39, 0.29) is 11.8 Å². The first-order valence-corrected chi connectivity index (χ1v) is 5.63. The maximum absolute atomic E-state index is 12.2. The van der Waals surface area contributed by atoms with Crippen molar-refractivity contribution in [1.82, 2.24) is 5.01 Å². The SMILES string of the molecule is C/C=N/N1C(=O)c2cccc3cccc(c23)C1=O. The van der Waals surface area contributed by atoms with Crippen LogP contribution in [0.1, 0.15) is 27.6 Å². The number of nitrogens with zero attached hydrogens (tertiary/aromatic N) is 2. The van der Waals surface area contributed by atoms with Crippen LogP contribution in [-0.4, -0.2) is 23.0 Å². The number of hydrogen-bond acceptors (Lipinski definition) is 3. The molecule has 0 unspecified atom stereocenters. The molecule has 0 spiro atoms. The van der Waals surface area contributed by atoms with Gasteiger partial charge in [0.1, 0.15) is 0 Å². The van der Waals surface area contributed by atoms with Gasteiger partial charge in [0.2, 0.25) is 0 Å². The normalized spacial score (nSPS) is 14.8. The number of benzene rings is 2. The Morgan fingerprint density at radius 2 is 1.56 bits per heavy atom. The number of imide groups is 1. The summed E-state index contributed by atoms with van der Waals surface area (Å²) in [5.74, 6) is -0.746. The Hall–Kier alpha value is -2.49. The number of rotatable bonds is 1. The van der Waals surface area contributed by atoms with E-state index in [0.29, 0.717) is 11.1 Å². The average Bonchev–Trinajstić information content (AvgIpc) is 2.40. The number of hydrogen-bond donors (Lipinski definition) is 0. The molecule has 2 aromatic carbocycles. The monoisotopic (exact) mass is 238 g/mol. The molecule has 0 fully saturated rings. The molecule has 0 saturated heterocycles. The van der Waals surface area contributed by atoms with Crippen LogP contribution in [0, 0.1) is 0 Å². The summed E-state index contributed by atoms with van der Waals surface area (Å²) >= 11 is 0. The highest BCUT2D eigenvalue weighted by Crippen LogP contribution is 2.29. The molecule has 88 valence electrons. The highest BCUT2D eigenvalue weighted by atomic mass is 16.2. The molecule has 0 radical (unpaired) electrons. The molecule has 1 heterocycles. The van der Waals surface area contributed by atoms with Gasteiger partial charge in [0, 0.05) is 11.6 Å². The van der Waals surface area contributed by atoms with E-state index >= 15 is 0 Å². The topological polar surface area (TPSA) is 49.7 Å². The fraction of sp³-hybridized carbons (Fsp3) is 0.0714. The summed E-state index contributed by atoms with van der Waals surface area (Å²) < 4.78 is 0. The molecule has 4 heteroatoms. The van der Waals surface area contributed by atoms with Crippen LogP contribution in [0.2, 0.25) is 0 Å². The summed E-state index contributed by atoms with van der Waals surface area (Å²) in [5.41, 5.74) is 1.04. The van der Waals surface area contributed by atoms with E-state index in [2.05, 4.69) is 5.10 Å². The molecule has 1 aliphatic rings. The first-order valence-electron chi connectivity index (χ1n) is 5.63. The molecule has 0 aliphatic carbocycles. The lowest BCUT2D eigenvalue weighted by Gasteiger charge is -2.22. The summed E-state index contributed by atoms with van der Waals surface area (Å²) in [6, 6.07) is 10.8. The highest BCUT2D eigenvalue weighted by Gasteiger charge is 2.32. The second-order valence-electron chi connectivity index (χ2n) is 4.01. The zero-order valence-electron chi connectivity index (χ0n) is 9.75. The summed E-state index contributed by atoms with van der Waals surface area (Å²) in [6.45, 7) is 1.67. The molecular weight excluding hydrogens is 228 g/mol. The minimum absolute atomic E-state index is 0.373. The van der Waals surface area contributed by atoms with E-state index in [4.69, 9.17) is 0 Å². The minimum atomic E-state index is -0.373. The fourth-order valence-corrected chi connectivity index (χ4v) is 2.24. The number of carbonyl (C=O) groups excluding carboxylic acids is 2. The van der Waals surface area contributed by atoms with Crippen LogP contribution in [0.25, 0.3) is 10.8 Å². The van der Waals surface area contributed by atoms with Crippen LogP contribution >= 0.6 is 0 Å². The maximum Gasteiger partial charge on any atom is 0.282 e. The number of hydrazone groups is 1. The third-order valence-electron chi connectivity index (χ3n) is 2.98. The lowest BCUT2D eigenvalue weighted by Crippen LogP contribution is -2.36. The highest BCUT2D eigenvalue weighted by molar-refractivity contribution is 6.25. The Bertz CT molecular complexity index is 653. The lowest BCUT2D eigenvalue weighted by atomic mass is 9.95. The van der Waals surface area contributed by atoms with Gasteiger partial charge < -0.3 is 0 Å². The largest absolute Gasteiger partial charge is 0.282 e.